The van der Waals surface area contributed by atoms with E-state index in [1.54, 1.807) is 43.3 Å². The first-order valence-electron chi connectivity index (χ1n) is 6.48. The Bertz CT molecular complexity index is 889. The highest BCUT2D eigenvalue weighted by molar-refractivity contribution is 6.03. The first kappa shape index (κ1) is 13.2. The Morgan fingerprint density at radius 3 is 2.67 bits per heavy atom. The van der Waals surface area contributed by atoms with E-state index < -0.39 is 5.97 Å². The van der Waals surface area contributed by atoms with Crippen molar-refractivity contribution in [3.63, 3.8) is 0 Å². The van der Waals surface area contributed by atoms with Crippen molar-refractivity contribution < 1.29 is 14.3 Å². The molecular formula is C16H13NO4. The van der Waals surface area contributed by atoms with Gasteiger partial charge in [0, 0.05) is 17.1 Å². The van der Waals surface area contributed by atoms with Crippen LogP contribution in [0.25, 0.3) is 11.0 Å². The maximum Gasteiger partial charge on any atom is 0.339 e. The van der Waals surface area contributed by atoms with E-state index in [0.29, 0.717) is 11.0 Å². The topological polar surface area (TPSA) is 72.4 Å². The molecule has 106 valence electrons. The highest BCUT2D eigenvalue weighted by Gasteiger charge is 2.20. The van der Waals surface area contributed by atoms with Crippen molar-refractivity contribution in [3.8, 4) is 0 Å². The van der Waals surface area contributed by atoms with Gasteiger partial charge < -0.3 is 14.1 Å². The minimum Gasteiger partial charge on any atom is -0.478 e. The van der Waals surface area contributed by atoms with E-state index in [0.717, 1.165) is 5.69 Å². The molecule has 0 spiro atoms. The van der Waals surface area contributed by atoms with Gasteiger partial charge in [0.15, 0.2) is 0 Å². The van der Waals surface area contributed by atoms with E-state index in [-0.39, 0.29) is 23.4 Å². The zero-order valence-electron chi connectivity index (χ0n) is 11.4. The number of rotatable bonds is 3. The number of para-hydroxylation sites is 1. The molecular weight excluding hydrogens is 270 g/mol. The van der Waals surface area contributed by atoms with Crippen molar-refractivity contribution in [1.29, 1.82) is 0 Å². The number of aromatic carboxylic acids is 1. The van der Waals surface area contributed by atoms with E-state index >= 15 is 0 Å². The number of aromatic nitrogens is 1. The summed E-state index contributed by atoms with van der Waals surface area (Å²) in [5, 5.41) is 9.96. The predicted molar refractivity (Wildman–Crippen MR) is 77.7 cm³/mol. The molecule has 0 saturated heterocycles. The molecule has 0 radical (unpaired) electrons. The number of aryl methyl sites for hydroxylation is 1. The first-order chi connectivity index (χ1) is 10.1. The van der Waals surface area contributed by atoms with E-state index in [4.69, 9.17) is 4.42 Å². The summed E-state index contributed by atoms with van der Waals surface area (Å²) in [5.74, 6) is -0.781. The van der Waals surface area contributed by atoms with Crippen LogP contribution < -0.4 is 5.56 Å². The molecule has 0 fully saturated rings. The Kier molecular flexibility index (Phi) is 3.10. The highest BCUT2D eigenvalue weighted by atomic mass is 16.4. The predicted octanol–water partition coefficient (Wildman–Crippen LogP) is 2.65. The summed E-state index contributed by atoms with van der Waals surface area (Å²) in [6.45, 7) is 1.90. The zero-order chi connectivity index (χ0) is 15.0. The lowest BCUT2D eigenvalue weighted by atomic mass is 10.1. The second-order valence-corrected chi connectivity index (χ2v) is 4.79. The van der Waals surface area contributed by atoms with Gasteiger partial charge in [-0.25, -0.2) is 4.79 Å². The summed E-state index contributed by atoms with van der Waals surface area (Å²) < 4.78 is 7.12. The minimum atomic E-state index is -1.06. The number of hydrogen-bond acceptors (Lipinski definition) is 3. The van der Waals surface area contributed by atoms with Crippen LogP contribution in [-0.2, 0) is 6.54 Å². The molecule has 3 rings (SSSR count). The summed E-state index contributed by atoms with van der Waals surface area (Å²) in [6, 6.07) is 11.9. The smallest absolute Gasteiger partial charge is 0.339 e. The number of fused-ring (bicyclic) bond motifs is 1. The second-order valence-electron chi connectivity index (χ2n) is 4.79. The van der Waals surface area contributed by atoms with Crippen LogP contribution in [0, 0.1) is 6.92 Å². The van der Waals surface area contributed by atoms with Crippen molar-refractivity contribution in [2.75, 3.05) is 0 Å². The van der Waals surface area contributed by atoms with Crippen LogP contribution in [0.2, 0.25) is 0 Å². The van der Waals surface area contributed by atoms with Crippen LogP contribution in [0.4, 0.5) is 0 Å². The Hall–Kier alpha value is -2.82. The normalized spacial score (nSPS) is 10.9. The monoisotopic (exact) mass is 283 g/mol. The third-order valence-corrected chi connectivity index (χ3v) is 3.45. The molecule has 1 N–H and O–H groups in total. The maximum absolute atomic E-state index is 11.9. The quantitative estimate of drug-likeness (QED) is 0.802. The zero-order valence-corrected chi connectivity index (χ0v) is 11.4. The van der Waals surface area contributed by atoms with Gasteiger partial charge in [-0.1, -0.05) is 24.3 Å². The average Bonchev–Trinajstić information content (AvgIpc) is 2.81. The largest absolute Gasteiger partial charge is 0.478 e. The number of benzene rings is 1. The number of carboxylic acids is 1. The lowest BCUT2D eigenvalue weighted by Gasteiger charge is -2.07. The average molecular weight is 283 g/mol. The molecule has 0 unspecified atom stereocenters. The molecule has 0 aliphatic heterocycles. The Morgan fingerprint density at radius 2 is 1.95 bits per heavy atom. The summed E-state index contributed by atoms with van der Waals surface area (Å²) >= 11 is 0. The molecule has 2 aromatic heterocycles. The third kappa shape index (κ3) is 2.23. The fourth-order valence-electron chi connectivity index (χ4n) is 2.41. The van der Waals surface area contributed by atoms with Crippen LogP contribution >= 0.6 is 0 Å². The fourth-order valence-corrected chi connectivity index (χ4v) is 2.41. The van der Waals surface area contributed by atoms with Gasteiger partial charge in [0.25, 0.3) is 5.56 Å². The summed E-state index contributed by atoms with van der Waals surface area (Å²) in [7, 11) is 0. The van der Waals surface area contributed by atoms with Gasteiger partial charge in [0.1, 0.15) is 16.9 Å². The molecule has 1 aromatic carbocycles. The van der Waals surface area contributed by atoms with Crippen LogP contribution in [0.3, 0.4) is 0 Å². The van der Waals surface area contributed by atoms with Gasteiger partial charge in [0.05, 0.1) is 6.54 Å². The molecule has 0 saturated carbocycles. The summed E-state index contributed by atoms with van der Waals surface area (Å²) in [5.41, 5.74) is 1.18. The maximum atomic E-state index is 11.9. The van der Waals surface area contributed by atoms with Crippen molar-refractivity contribution in [2.24, 2.45) is 0 Å². The van der Waals surface area contributed by atoms with E-state index in [2.05, 4.69) is 0 Å². The van der Waals surface area contributed by atoms with Gasteiger partial charge >= 0.3 is 5.97 Å². The third-order valence-electron chi connectivity index (χ3n) is 3.45. The lowest BCUT2D eigenvalue weighted by Crippen LogP contribution is -2.22. The van der Waals surface area contributed by atoms with Crippen molar-refractivity contribution >= 4 is 16.9 Å². The van der Waals surface area contributed by atoms with E-state index in [1.165, 1.54) is 10.6 Å². The molecule has 5 nitrogen and oxygen atoms in total. The Morgan fingerprint density at radius 1 is 1.19 bits per heavy atom. The minimum absolute atomic E-state index is 0.0990. The molecule has 0 amide bonds. The molecule has 5 heteroatoms. The lowest BCUT2D eigenvalue weighted by molar-refractivity contribution is 0.0696. The van der Waals surface area contributed by atoms with E-state index in [9.17, 15) is 14.7 Å². The van der Waals surface area contributed by atoms with Gasteiger partial charge in [0.2, 0.25) is 0 Å². The van der Waals surface area contributed by atoms with Gasteiger partial charge in [-0.05, 0) is 19.1 Å². The molecule has 3 aromatic rings. The Balaban J connectivity index is 2.19. The number of carboxylic acid groups (broad SMARTS) is 1. The number of furan rings is 1. The molecule has 0 bridgehead atoms. The highest BCUT2D eigenvalue weighted by Crippen LogP contribution is 2.26. The molecule has 21 heavy (non-hydrogen) atoms. The summed E-state index contributed by atoms with van der Waals surface area (Å²) in [4.78, 5) is 23.4. The molecule has 0 atom stereocenters. The van der Waals surface area contributed by atoms with Gasteiger partial charge in [-0.15, -0.1) is 0 Å². The van der Waals surface area contributed by atoms with Crippen LogP contribution in [0.5, 0.6) is 0 Å². The van der Waals surface area contributed by atoms with Gasteiger partial charge in [-0.3, -0.25) is 4.79 Å². The number of pyridine rings is 1. The Labute approximate surface area is 120 Å². The summed E-state index contributed by atoms with van der Waals surface area (Å²) in [6.07, 6.45) is 0. The van der Waals surface area contributed by atoms with Crippen LogP contribution in [0.15, 0.2) is 51.7 Å². The van der Waals surface area contributed by atoms with Crippen molar-refractivity contribution in [1.82, 2.24) is 4.57 Å². The van der Waals surface area contributed by atoms with Crippen molar-refractivity contribution in [2.45, 2.75) is 13.5 Å². The first-order valence-corrected chi connectivity index (χ1v) is 6.48. The second kappa shape index (κ2) is 4.94. The molecule has 2 heterocycles. The van der Waals surface area contributed by atoms with Gasteiger partial charge in [-0.2, -0.15) is 0 Å². The van der Waals surface area contributed by atoms with Crippen molar-refractivity contribution in [3.05, 3.63) is 69.8 Å². The number of hydrogen-bond donors (Lipinski definition) is 1. The SMILES string of the molecule is Cc1cccc(=O)n1Cc1oc2ccccc2c1C(=O)O. The van der Waals surface area contributed by atoms with Crippen LogP contribution in [0.1, 0.15) is 21.8 Å². The molecule has 0 aliphatic carbocycles. The number of nitrogens with zero attached hydrogens (tertiary/aromatic N) is 1. The van der Waals surface area contributed by atoms with Crippen LogP contribution in [-0.4, -0.2) is 15.6 Å². The fraction of sp³-hybridized carbons (Fsp3) is 0.125. The standard InChI is InChI=1S/C16H13NO4/c1-10-5-4-8-14(18)17(10)9-13-15(16(19)20)11-6-2-3-7-12(11)21-13/h2-8H,9H2,1H3,(H,19,20). The number of carbonyl (C=O) groups is 1. The van der Waals surface area contributed by atoms with E-state index in [1.807, 2.05) is 0 Å². The molecule has 0 aliphatic rings.